The third kappa shape index (κ3) is 3.94. The molecule has 0 spiro atoms. The van der Waals surface area contributed by atoms with Crippen molar-refractivity contribution >= 4 is 5.78 Å². The van der Waals surface area contributed by atoms with Crippen LogP contribution in [0.2, 0.25) is 0 Å². The second-order valence-electron chi connectivity index (χ2n) is 6.60. The minimum Gasteiger partial charge on any atom is -0.391 e. The van der Waals surface area contributed by atoms with E-state index >= 15 is 0 Å². The summed E-state index contributed by atoms with van der Waals surface area (Å²) in [6, 6.07) is 0. The smallest absolute Gasteiger partial charge is 0.169 e. The molecule has 1 aromatic heterocycles. The molecule has 4 atom stereocenters. The Balaban J connectivity index is 2.11. The van der Waals surface area contributed by atoms with Gasteiger partial charge < -0.3 is 5.11 Å². The van der Waals surface area contributed by atoms with E-state index in [1.54, 1.807) is 24.0 Å². The number of rotatable bonds is 6. The van der Waals surface area contributed by atoms with Crippen LogP contribution < -0.4 is 0 Å². The van der Waals surface area contributed by atoms with Gasteiger partial charge in [-0.05, 0) is 31.6 Å². The maximum Gasteiger partial charge on any atom is 0.169 e. The lowest BCUT2D eigenvalue weighted by Crippen LogP contribution is -2.31. The molecular formula is C17H28N2O2. The topological polar surface area (TPSA) is 55.1 Å². The van der Waals surface area contributed by atoms with E-state index in [2.05, 4.69) is 18.9 Å². The molecule has 1 aromatic rings. The fourth-order valence-corrected chi connectivity index (χ4v) is 3.54. The molecule has 0 saturated heterocycles. The molecule has 0 amide bonds. The Morgan fingerprint density at radius 3 is 2.81 bits per heavy atom. The predicted octanol–water partition coefficient (Wildman–Crippen LogP) is 3.30. The summed E-state index contributed by atoms with van der Waals surface area (Å²) >= 11 is 0. The van der Waals surface area contributed by atoms with Crippen LogP contribution in [0.1, 0.15) is 63.2 Å². The maximum absolute atomic E-state index is 12.8. The number of hydrogen-bond acceptors (Lipinski definition) is 3. The summed E-state index contributed by atoms with van der Waals surface area (Å²) in [5, 5.41) is 13.6. The largest absolute Gasteiger partial charge is 0.391 e. The van der Waals surface area contributed by atoms with Gasteiger partial charge in [0.2, 0.25) is 0 Å². The summed E-state index contributed by atoms with van der Waals surface area (Å²) in [6.45, 7) is 6.64. The van der Waals surface area contributed by atoms with E-state index in [0.717, 1.165) is 19.3 Å². The molecule has 0 radical (unpaired) electrons. The fraction of sp³-hybridized carbons (Fsp3) is 0.765. The molecular weight excluding hydrogens is 264 g/mol. The number of hydrogen-bond donors (Lipinski definition) is 1. The Bertz CT molecular complexity index is 467. The van der Waals surface area contributed by atoms with Crippen LogP contribution in [0.15, 0.2) is 12.4 Å². The number of nitrogens with zero attached hydrogens (tertiary/aromatic N) is 2. The van der Waals surface area contributed by atoms with Gasteiger partial charge in [-0.25, -0.2) is 0 Å². The molecule has 1 heterocycles. The quantitative estimate of drug-likeness (QED) is 0.818. The summed E-state index contributed by atoms with van der Waals surface area (Å²) < 4.78 is 1.67. The first-order chi connectivity index (χ1) is 10.0. The average Bonchev–Trinajstić information content (AvgIpc) is 2.93. The third-order valence-electron chi connectivity index (χ3n) is 4.90. The number of carbonyl (C=O) groups is 1. The van der Waals surface area contributed by atoms with Crippen LogP contribution in [0.5, 0.6) is 0 Å². The van der Waals surface area contributed by atoms with Gasteiger partial charge in [0.1, 0.15) is 0 Å². The number of aliphatic hydroxyl groups excluding tert-OH is 1. The standard InChI is InChI=1S/C17H28N2O2/c1-4-12(2)15-7-5-6-8-16(15)17(21)14-9-18-19(11-14)10-13(3)20/h9,11-13,15-16,20H,4-8,10H2,1-3H3. The van der Waals surface area contributed by atoms with E-state index in [1.165, 1.54) is 12.8 Å². The Morgan fingerprint density at radius 2 is 2.14 bits per heavy atom. The Hall–Kier alpha value is -1.16. The third-order valence-corrected chi connectivity index (χ3v) is 4.90. The summed E-state index contributed by atoms with van der Waals surface area (Å²) in [5.41, 5.74) is 0.704. The first kappa shape index (κ1) is 16.2. The average molecular weight is 292 g/mol. The fourth-order valence-electron chi connectivity index (χ4n) is 3.54. The zero-order chi connectivity index (χ0) is 15.4. The number of aliphatic hydroxyl groups is 1. The van der Waals surface area contributed by atoms with Gasteiger partial charge in [-0.2, -0.15) is 5.10 Å². The maximum atomic E-state index is 12.8. The number of Topliss-reactive ketones (excluding diaryl/α,β-unsaturated/α-hetero) is 1. The molecule has 118 valence electrons. The molecule has 2 rings (SSSR count). The predicted molar refractivity (Wildman–Crippen MR) is 83.1 cm³/mol. The number of ketones is 1. The minimum absolute atomic E-state index is 0.151. The summed E-state index contributed by atoms with van der Waals surface area (Å²) in [4.78, 5) is 12.8. The monoisotopic (exact) mass is 292 g/mol. The van der Waals surface area contributed by atoms with Crippen molar-refractivity contribution < 1.29 is 9.90 Å². The SMILES string of the molecule is CCC(C)C1CCCCC1C(=O)c1cnn(CC(C)O)c1. The van der Waals surface area contributed by atoms with Crippen LogP contribution >= 0.6 is 0 Å². The number of aromatic nitrogens is 2. The molecule has 0 aliphatic heterocycles. The second-order valence-corrected chi connectivity index (χ2v) is 6.60. The van der Waals surface area contributed by atoms with Crippen LogP contribution in [0.3, 0.4) is 0 Å². The Labute approximate surface area is 127 Å². The van der Waals surface area contributed by atoms with Crippen molar-refractivity contribution in [3.8, 4) is 0 Å². The van der Waals surface area contributed by atoms with Crippen molar-refractivity contribution in [3.05, 3.63) is 18.0 Å². The van der Waals surface area contributed by atoms with Crippen molar-refractivity contribution in [2.45, 2.75) is 65.5 Å². The minimum atomic E-state index is -0.449. The molecule has 0 aromatic carbocycles. The zero-order valence-corrected chi connectivity index (χ0v) is 13.5. The van der Waals surface area contributed by atoms with Crippen molar-refractivity contribution in [3.63, 3.8) is 0 Å². The highest BCUT2D eigenvalue weighted by Crippen LogP contribution is 2.38. The van der Waals surface area contributed by atoms with Gasteiger partial charge in [0, 0.05) is 12.1 Å². The van der Waals surface area contributed by atoms with Gasteiger partial charge in [0.25, 0.3) is 0 Å². The molecule has 4 unspecified atom stereocenters. The van der Waals surface area contributed by atoms with Gasteiger partial charge >= 0.3 is 0 Å². The normalized spacial score (nSPS) is 25.5. The molecule has 4 nitrogen and oxygen atoms in total. The van der Waals surface area contributed by atoms with E-state index in [1.807, 2.05) is 0 Å². The molecule has 4 heteroatoms. The highest BCUT2D eigenvalue weighted by molar-refractivity contribution is 5.97. The van der Waals surface area contributed by atoms with Crippen LogP contribution in [-0.2, 0) is 6.54 Å². The first-order valence-corrected chi connectivity index (χ1v) is 8.27. The van der Waals surface area contributed by atoms with E-state index in [0.29, 0.717) is 23.9 Å². The van der Waals surface area contributed by atoms with Crippen molar-refractivity contribution in [1.82, 2.24) is 9.78 Å². The van der Waals surface area contributed by atoms with Gasteiger partial charge in [-0.3, -0.25) is 9.48 Å². The molecule has 1 fully saturated rings. The zero-order valence-electron chi connectivity index (χ0n) is 13.5. The molecule has 1 aliphatic carbocycles. The van der Waals surface area contributed by atoms with Gasteiger partial charge in [-0.15, -0.1) is 0 Å². The summed E-state index contributed by atoms with van der Waals surface area (Å²) in [7, 11) is 0. The molecule has 1 saturated carbocycles. The van der Waals surface area contributed by atoms with Crippen molar-refractivity contribution in [2.75, 3.05) is 0 Å². The molecule has 0 bridgehead atoms. The van der Waals surface area contributed by atoms with Crippen LogP contribution in [0.4, 0.5) is 0 Å². The van der Waals surface area contributed by atoms with Crippen LogP contribution in [0, 0.1) is 17.8 Å². The van der Waals surface area contributed by atoms with E-state index < -0.39 is 6.10 Å². The molecule has 1 N–H and O–H groups in total. The Morgan fingerprint density at radius 1 is 1.43 bits per heavy atom. The summed E-state index contributed by atoms with van der Waals surface area (Å²) in [6.07, 6.45) is 8.73. The van der Waals surface area contributed by atoms with Crippen LogP contribution in [-0.4, -0.2) is 26.8 Å². The van der Waals surface area contributed by atoms with E-state index in [-0.39, 0.29) is 11.7 Å². The van der Waals surface area contributed by atoms with E-state index in [9.17, 15) is 9.90 Å². The lowest BCUT2D eigenvalue weighted by Gasteiger charge is -2.34. The van der Waals surface area contributed by atoms with E-state index in [4.69, 9.17) is 0 Å². The lowest BCUT2D eigenvalue weighted by atomic mass is 9.70. The van der Waals surface area contributed by atoms with Crippen molar-refractivity contribution in [2.24, 2.45) is 17.8 Å². The lowest BCUT2D eigenvalue weighted by molar-refractivity contribution is 0.0762. The highest BCUT2D eigenvalue weighted by atomic mass is 16.3. The van der Waals surface area contributed by atoms with Crippen LogP contribution in [0.25, 0.3) is 0 Å². The number of carbonyl (C=O) groups excluding carboxylic acids is 1. The van der Waals surface area contributed by atoms with Gasteiger partial charge in [0.05, 0.1) is 24.4 Å². The first-order valence-electron chi connectivity index (χ1n) is 8.27. The summed E-state index contributed by atoms with van der Waals surface area (Å²) in [5.74, 6) is 1.51. The Kier molecular flexibility index (Phi) is 5.57. The van der Waals surface area contributed by atoms with Crippen molar-refractivity contribution in [1.29, 1.82) is 0 Å². The molecule has 1 aliphatic rings. The highest BCUT2D eigenvalue weighted by Gasteiger charge is 2.34. The van der Waals surface area contributed by atoms with Gasteiger partial charge in [0.15, 0.2) is 5.78 Å². The second kappa shape index (κ2) is 7.21. The molecule has 21 heavy (non-hydrogen) atoms. The van der Waals surface area contributed by atoms with Gasteiger partial charge in [-0.1, -0.05) is 33.1 Å².